The monoisotopic (exact) mass is 268 g/mol. The first kappa shape index (κ1) is 13.8. The van der Waals surface area contributed by atoms with E-state index in [1.54, 1.807) is 12.4 Å². The van der Waals surface area contributed by atoms with Crippen LogP contribution in [0, 0.1) is 5.92 Å². The smallest absolute Gasteiger partial charge is 0.0621 e. The second kappa shape index (κ2) is 6.50. The summed E-state index contributed by atoms with van der Waals surface area (Å²) in [5, 5.41) is 4.32. The third-order valence-electron chi connectivity index (χ3n) is 3.56. The Balaban J connectivity index is 2.04. The quantitative estimate of drug-likeness (QED) is 0.892. The van der Waals surface area contributed by atoms with Crippen LogP contribution in [0.5, 0.6) is 0 Å². The summed E-state index contributed by atoms with van der Waals surface area (Å²) in [7, 11) is 0. The summed E-state index contributed by atoms with van der Waals surface area (Å²) in [4.78, 5) is 4.03. The van der Waals surface area contributed by atoms with E-state index in [9.17, 15) is 0 Å². The van der Waals surface area contributed by atoms with Crippen molar-refractivity contribution in [2.45, 2.75) is 38.8 Å². The van der Waals surface area contributed by atoms with Crippen molar-refractivity contribution in [1.29, 1.82) is 0 Å². The van der Waals surface area contributed by atoms with E-state index in [0.29, 0.717) is 18.1 Å². The van der Waals surface area contributed by atoms with E-state index in [1.165, 1.54) is 0 Å². The van der Waals surface area contributed by atoms with E-state index in [0.717, 1.165) is 36.6 Å². The molecule has 3 unspecified atom stereocenters. The first-order chi connectivity index (χ1) is 8.70. The molecule has 1 aliphatic heterocycles. The fourth-order valence-corrected chi connectivity index (χ4v) is 2.80. The van der Waals surface area contributed by atoms with E-state index < -0.39 is 0 Å². The number of ether oxygens (including phenoxy) is 1. The Hall–Kier alpha value is -0.640. The largest absolute Gasteiger partial charge is 0.378 e. The van der Waals surface area contributed by atoms with E-state index >= 15 is 0 Å². The number of aromatic nitrogens is 1. The molecular formula is C14H21ClN2O. The minimum Gasteiger partial charge on any atom is -0.378 e. The summed E-state index contributed by atoms with van der Waals surface area (Å²) >= 11 is 6.18. The molecule has 4 heteroatoms. The Morgan fingerprint density at radius 1 is 1.61 bits per heavy atom. The lowest BCUT2D eigenvalue weighted by Gasteiger charge is -2.23. The summed E-state index contributed by atoms with van der Waals surface area (Å²) in [5.74, 6) is 0.573. The van der Waals surface area contributed by atoms with E-state index in [1.807, 2.05) is 6.07 Å². The predicted octanol–water partition coefficient (Wildman–Crippen LogP) is 2.68. The molecule has 0 aromatic carbocycles. The van der Waals surface area contributed by atoms with Crippen LogP contribution >= 0.6 is 11.6 Å². The van der Waals surface area contributed by atoms with Gasteiger partial charge in [0.2, 0.25) is 0 Å². The Kier molecular flexibility index (Phi) is 4.98. The Bertz CT molecular complexity index is 386. The third-order valence-corrected chi connectivity index (χ3v) is 3.90. The van der Waals surface area contributed by atoms with Gasteiger partial charge in [0.25, 0.3) is 0 Å². The molecule has 0 amide bonds. The average Bonchev–Trinajstić information content (AvgIpc) is 2.78. The molecule has 18 heavy (non-hydrogen) atoms. The summed E-state index contributed by atoms with van der Waals surface area (Å²) in [6.45, 7) is 6.10. The second-order valence-electron chi connectivity index (χ2n) is 4.98. The number of hydrogen-bond donors (Lipinski definition) is 1. The molecule has 0 radical (unpaired) electrons. The van der Waals surface area contributed by atoms with Gasteiger partial charge in [0.05, 0.1) is 17.7 Å². The van der Waals surface area contributed by atoms with Gasteiger partial charge in [-0.25, -0.2) is 0 Å². The molecule has 1 aliphatic rings. The van der Waals surface area contributed by atoms with Gasteiger partial charge in [-0.15, -0.1) is 0 Å². The molecule has 1 N–H and O–H groups in total. The lowest BCUT2D eigenvalue weighted by atomic mass is 9.92. The molecule has 3 atom stereocenters. The van der Waals surface area contributed by atoms with Crippen LogP contribution in [-0.4, -0.2) is 30.3 Å². The van der Waals surface area contributed by atoms with Gasteiger partial charge in [0.1, 0.15) is 0 Å². The van der Waals surface area contributed by atoms with Gasteiger partial charge >= 0.3 is 0 Å². The van der Waals surface area contributed by atoms with Crippen molar-refractivity contribution >= 4 is 11.6 Å². The highest BCUT2D eigenvalue weighted by atomic mass is 35.5. The standard InChI is InChI=1S/C14H21ClN2O/c1-3-17-14(12-6-10(2)18-9-12)7-11-4-5-16-8-13(11)15/h4-5,8,10,12,14,17H,3,6-7,9H2,1-2H3. The van der Waals surface area contributed by atoms with Gasteiger partial charge in [0.15, 0.2) is 0 Å². The molecule has 1 aromatic heterocycles. The van der Waals surface area contributed by atoms with E-state index in [2.05, 4.69) is 24.1 Å². The Morgan fingerprint density at radius 3 is 3.06 bits per heavy atom. The van der Waals surface area contributed by atoms with Crippen LogP contribution in [-0.2, 0) is 11.2 Å². The molecule has 0 spiro atoms. The summed E-state index contributed by atoms with van der Waals surface area (Å²) < 4.78 is 5.68. The fourth-order valence-electron chi connectivity index (χ4n) is 2.60. The topological polar surface area (TPSA) is 34.2 Å². The SMILES string of the molecule is CCNC(Cc1ccncc1Cl)C1COC(C)C1. The number of nitrogens with zero attached hydrogens (tertiary/aromatic N) is 1. The summed E-state index contributed by atoms with van der Waals surface area (Å²) in [6.07, 6.45) is 5.96. The highest BCUT2D eigenvalue weighted by molar-refractivity contribution is 6.31. The lowest BCUT2D eigenvalue weighted by molar-refractivity contribution is 0.117. The van der Waals surface area contributed by atoms with Gasteiger partial charge in [0, 0.05) is 24.4 Å². The van der Waals surface area contributed by atoms with Crippen molar-refractivity contribution in [1.82, 2.24) is 10.3 Å². The average molecular weight is 269 g/mol. The fraction of sp³-hybridized carbons (Fsp3) is 0.643. The molecule has 2 rings (SSSR count). The maximum absolute atomic E-state index is 6.18. The molecule has 0 bridgehead atoms. The van der Waals surface area contributed by atoms with Crippen molar-refractivity contribution in [3.05, 3.63) is 29.0 Å². The molecule has 3 nitrogen and oxygen atoms in total. The normalized spacial score (nSPS) is 25.3. The minimum atomic E-state index is 0.379. The van der Waals surface area contributed by atoms with Gasteiger partial charge in [-0.2, -0.15) is 0 Å². The van der Waals surface area contributed by atoms with Crippen LogP contribution in [0.3, 0.4) is 0 Å². The Morgan fingerprint density at radius 2 is 2.44 bits per heavy atom. The van der Waals surface area contributed by atoms with Crippen molar-refractivity contribution < 1.29 is 4.74 Å². The van der Waals surface area contributed by atoms with Gasteiger partial charge in [-0.1, -0.05) is 18.5 Å². The molecule has 1 aromatic rings. The molecule has 2 heterocycles. The number of rotatable bonds is 5. The zero-order chi connectivity index (χ0) is 13.0. The number of likely N-dealkylation sites (N-methyl/N-ethyl adjacent to an activating group) is 1. The van der Waals surface area contributed by atoms with Crippen molar-refractivity contribution in [2.24, 2.45) is 5.92 Å². The first-order valence-electron chi connectivity index (χ1n) is 6.64. The van der Waals surface area contributed by atoms with Gasteiger partial charge < -0.3 is 10.1 Å². The van der Waals surface area contributed by atoms with Crippen LogP contribution in [0.15, 0.2) is 18.5 Å². The summed E-state index contributed by atoms with van der Waals surface area (Å²) in [5.41, 5.74) is 1.16. The van der Waals surface area contributed by atoms with E-state index in [4.69, 9.17) is 16.3 Å². The minimum absolute atomic E-state index is 0.379. The van der Waals surface area contributed by atoms with Crippen molar-refractivity contribution in [3.63, 3.8) is 0 Å². The highest BCUT2D eigenvalue weighted by Crippen LogP contribution is 2.26. The number of pyridine rings is 1. The summed E-state index contributed by atoms with van der Waals surface area (Å²) in [6, 6.07) is 2.44. The molecule has 0 aliphatic carbocycles. The van der Waals surface area contributed by atoms with E-state index in [-0.39, 0.29) is 0 Å². The van der Waals surface area contributed by atoms with Gasteiger partial charge in [-0.05, 0) is 37.9 Å². The number of halogens is 1. The lowest BCUT2D eigenvalue weighted by Crippen LogP contribution is -2.38. The van der Waals surface area contributed by atoms with Crippen LogP contribution in [0.2, 0.25) is 5.02 Å². The molecule has 0 saturated carbocycles. The van der Waals surface area contributed by atoms with Crippen LogP contribution in [0.4, 0.5) is 0 Å². The molecular weight excluding hydrogens is 248 g/mol. The molecule has 100 valence electrons. The zero-order valence-electron chi connectivity index (χ0n) is 11.0. The van der Waals surface area contributed by atoms with Gasteiger partial charge in [-0.3, -0.25) is 4.98 Å². The zero-order valence-corrected chi connectivity index (χ0v) is 11.8. The number of nitrogens with one attached hydrogen (secondary N) is 1. The third kappa shape index (κ3) is 3.44. The maximum Gasteiger partial charge on any atom is 0.0621 e. The second-order valence-corrected chi connectivity index (χ2v) is 5.38. The van der Waals surface area contributed by atoms with Crippen molar-refractivity contribution in [3.8, 4) is 0 Å². The van der Waals surface area contributed by atoms with Crippen molar-refractivity contribution in [2.75, 3.05) is 13.2 Å². The Labute approximate surface area is 114 Å². The molecule has 1 saturated heterocycles. The molecule has 1 fully saturated rings. The van der Waals surface area contributed by atoms with Crippen LogP contribution in [0.1, 0.15) is 25.8 Å². The number of hydrogen-bond acceptors (Lipinski definition) is 3. The predicted molar refractivity (Wildman–Crippen MR) is 73.9 cm³/mol. The van der Waals surface area contributed by atoms with Crippen LogP contribution in [0.25, 0.3) is 0 Å². The van der Waals surface area contributed by atoms with Crippen LogP contribution < -0.4 is 5.32 Å². The highest BCUT2D eigenvalue weighted by Gasteiger charge is 2.29. The first-order valence-corrected chi connectivity index (χ1v) is 7.01. The maximum atomic E-state index is 6.18.